The Labute approximate surface area is 193 Å². The van der Waals surface area contributed by atoms with Gasteiger partial charge in [-0.25, -0.2) is 10.5 Å². The lowest BCUT2D eigenvalue weighted by atomic mass is 10.1. The van der Waals surface area contributed by atoms with Gasteiger partial charge in [0.1, 0.15) is 0 Å². The molecule has 33 heavy (non-hydrogen) atoms. The normalized spacial score (nSPS) is 18.7. The number of carbonyl (C=O) groups excluding carboxylic acids is 3. The van der Waals surface area contributed by atoms with Crippen molar-refractivity contribution in [2.45, 2.75) is 32.9 Å². The third kappa shape index (κ3) is 6.14. The van der Waals surface area contributed by atoms with E-state index in [0.717, 1.165) is 24.9 Å². The van der Waals surface area contributed by atoms with Gasteiger partial charge in [0.25, 0.3) is 5.91 Å². The van der Waals surface area contributed by atoms with Gasteiger partial charge in [-0.3, -0.25) is 19.6 Å². The summed E-state index contributed by atoms with van der Waals surface area (Å²) in [6.45, 7) is 7.19. The number of anilines is 1. The molecule has 1 fully saturated rings. The molecule has 2 atom stereocenters. The highest BCUT2D eigenvalue weighted by Gasteiger charge is 2.31. The third-order valence-electron chi connectivity index (χ3n) is 5.51. The second-order valence-corrected chi connectivity index (χ2v) is 8.07. The van der Waals surface area contributed by atoms with Crippen molar-refractivity contribution in [2.75, 3.05) is 18.0 Å². The zero-order valence-corrected chi connectivity index (χ0v) is 18.9. The molecule has 1 aliphatic rings. The van der Waals surface area contributed by atoms with Crippen LogP contribution in [0.4, 0.5) is 5.69 Å². The zero-order valence-electron chi connectivity index (χ0n) is 18.9. The van der Waals surface area contributed by atoms with E-state index in [4.69, 9.17) is 5.21 Å². The van der Waals surface area contributed by atoms with E-state index in [2.05, 4.69) is 9.88 Å². The lowest BCUT2D eigenvalue weighted by Gasteiger charge is -2.45. The van der Waals surface area contributed by atoms with Gasteiger partial charge < -0.3 is 9.80 Å². The Morgan fingerprint density at radius 1 is 0.970 bits per heavy atom. The number of ketones is 1. The minimum Gasteiger partial charge on any atom is -0.367 e. The summed E-state index contributed by atoms with van der Waals surface area (Å²) in [5, 5.41) is 8.53. The van der Waals surface area contributed by atoms with Gasteiger partial charge in [-0.05, 0) is 68.5 Å². The number of allylic oxidation sites excluding steroid dienone is 1. The van der Waals surface area contributed by atoms with Crippen LogP contribution in [0.3, 0.4) is 0 Å². The molecular weight excluding hydrogens is 420 g/mol. The molecule has 0 aliphatic carbocycles. The first-order valence-electron chi connectivity index (χ1n) is 10.7. The van der Waals surface area contributed by atoms with E-state index in [1.165, 1.54) is 17.6 Å². The van der Waals surface area contributed by atoms with Crippen molar-refractivity contribution in [3.8, 4) is 0 Å². The lowest BCUT2D eigenvalue weighted by Crippen LogP contribution is -2.58. The Bertz CT molecular complexity index is 1070. The van der Waals surface area contributed by atoms with Crippen molar-refractivity contribution in [1.29, 1.82) is 0 Å². The standard InChI is InChI=1S/C25H28N4O4/c1-17-15-28(16-18(2)29(17)19(3)30)23-11-7-20(8-12-23)24(31)13-9-21-5-4-6-22(26-21)10-14-25(32)27-33/h4-14,17-18,33H,15-16H2,1-3H3,(H,27,32)/t17-,18+. The molecule has 2 N–H and O–H groups in total. The van der Waals surface area contributed by atoms with Crippen LogP contribution in [0.5, 0.6) is 0 Å². The number of carbonyl (C=O) groups is 3. The van der Waals surface area contributed by atoms with Crippen molar-refractivity contribution in [3.63, 3.8) is 0 Å². The predicted molar refractivity (Wildman–Crippen MR) is 127 cm³/mol. The first-order chi connectivity index (χ1) is 15.8. The highest BCUT2D eigenvalue weighted by Crippen LogP contribution is 2.23. The SMILES string of the molecule is CC(=O)N1[C@H](C)CN(c2ccc(C(=O)C=Cc3cccc(C=CC(=O)NO)n3)cc2)C[C@@H]1C. The Kier molecular flexibility index (Phi) is 7.74. The van der Waals surface area contributed by atoms with E-state index >= 15 is 0 Å². The average Bonchev–Trinajstić information content (AvgIpc) is 2.80. The van der Waals surface area contributed by atoms with Crippen molar-refractivity contribution in [2.24, 2.45) is 0 Å². The molecular formula is C25H28N4O4. The van der Waals surface area contributed by atoms with Crippen molar-refractivity contribution < 1.29 is 19.6 Å². The summed E-state index contributed by atoms with van der Waals surface area (Å²) in [5.74, 6) is -0.706. The van der Waals surface area contributed by atoms with E-state index < -0.39 is 5.91 Å². The molecule has 0 radical (unpaired) electrons. The predicted octanol–water partition coefficient (Wildman–Crippen LogP) is 2.94. The molecule has 1 aromatic heterocycles. The van der Waals surface area contributed by atoms with Crippen LogP contribution in [0, 0.1) is 0 Å². The van der Waals surface area contributed by atoms with Crippen LogP contribution in [-0.4, -0.2) is 57.9 Å². The molecule has 1 saturated heterocycles. The largest absolute Gasteiger partial charge is 0.367 e. The summed E-state index contributed by atoms with van der Waals surface area (Å²) < 4.78 is 0. The smallest absolute Gasteiger partial charge is 0.267 e. The molecule has 0 saturated carbocycles. The van der Waals surface area contributed by atoms with Gasteiger partial charge in [0.15, 0.2) is 5.78 Å². The maximum atomic E-state index is 12.6. The summed E-state index contributed by atoms with van der Waals surface area (Å²) in [6.07, 6.45) is 5.69. The number of nitrogens with one attached hydrogen (secondary N) is 1. The van der Waals surface area contributed by atoms with Crippen LogP contribution in [0.15, 0.2) is 54.6 Å². The van der Waals surface area contributed by atoms with E-state index in [-0.39, 0.29) is 23.8 Å². The summed E-state index contributed by atoms with van der Waals surface area (Å²) in [4.78, 5) is 44.0. The van der Waals surface area contributed by atoms with E-state index in [1.807, 2.05) is 30.9 Å². The monoisotopic (exact) mass is 448 g/mol. The quantitative estimate of drug-likeness (QED) is 0.305. The summed E-state index contributed by atoms with van der Waals surface area (Å²) >= 11 is 0. The summed E-state index contributed by atoms with van der Waals surface area (Å²) in [6, 6.07) is 12.9. The molecule has 2 amide bonds. The Balaban J connectivity index is 1.65. The molecule has 1 aromatic carbocycles. The highest BCUT2D eigenvalue weighted by atomic mass is 16.5. The van der Waals surface area contributed by atoms with Crippen molar-refractivity contribution >= 4 is 35.4 Å². The minimum absolute atomic E-state index is 0.0917. The molecule has 2 aromatic rings. The third-order valence-corrected chi connectivity index (χ3v) is 5.51. The van der Waals surface area contributed by atoms with Crippen LogP contribution in [0.1, 0.15) is 42.5 Å². The number of aromatic nitrogens is 1. The molecule has 3 rings (SSSR count). The number of piperazine rings is 1. The summed E-state index contributed by atoms with van der Waals surface area (Å²) in [7, 11) is 0. The van der Waals surface area contributed by atoms with Gasteiger partial charge in [-0.15, -0.1) is 0 Å². The minimum atomic E-state index is -0.652. The number of pyridine rings is 1. The molecule has 8 nitrogen and oxygen atoms in total. The lowest BCUT2D eigenvalue weighted by molar-refractivity contribution is -0.133. The fourth-order valence-corrected chi connectivity index (χ4v) is 4.10. The molecule has 0 unspecified atom stereocenters. The van der Waals surface area contributed by atoms with Crippen LogP contribution in [0.25, 0.3) is 12.2 Å². The number of hydrogen-bond donors (Lipinski definition) is 2. The molecule has 8 heteroatoms. The number of hydrogen-bond acceptors (Lipinski definition) is 6. The second kappa shape index (κ2) is 10.7. The van der Waals surface area contributed by atoms with Gasteiger partial charge in [-0.1, -0.05) is 6.07 Å². The Morgan fingerprint density at radius 2 is 1.55 bits per heavy atom. The van der Waals surface area contributed by atoms with Crippen LogP contribution < -0.4 is 10.4 Å². The summed E-state index contributed by atoms with van der Waals surface area (Å²) in [5.41, 5.74) is 4.18. The molecule has 2 heterocycles. The van der Waals surface area contributed by atoms with Gasteiger partial charge >= 0.3 is 0 Å². The maximum Gasteiger partial charge on any atom is 0.267 e. The van der Waals surface area contributed by atoms with Crippen molar-refractivity contribution in [1.82, 2.24) is 15.4 Å². The topological polar surface area (TPSA) is 103 Å². The second-order valence-electron chi connectivity index (χ2n) is 8.07. The number of amides is 2. The van der Waals surface area contributed by atoms with Crippen LogP contribution in [0.2, 0.25) is 0 Å². The maximum absolute atomic E-state index is 12.6. The van der Waals surface area contributed by atoms with Gasteiger partial charge in [-0.2, -0.15) is 0 Å². The average molecular weight is 449 g/mol. The van der Waals surface area contributed by atoms with Crippen LogP contribution in [-0.2, 0) is 9.59 Å². The molecule has 172 valence electrons. The first kappa shape index (κ1) is 23.9. The number of nitrogens with zero attached hydrogens (tertiary/aromatic N) is 3. The fraction of sp³-hybridized carbons (Fsp3) is 0.280. The number of hydroxylamine groups is 1. The zero-order chi connectivity index (χ0) is 24.0. The Hall–Kier alpha value is -3.78. The molecule has 1 aliphatic heterocycles. The van der Waals surface area contributed by atoms with Gasteiger partial charge in [0.2, 0.25) is 5.91 Å². The van der Waals surface area contributed by atoms with Crippen molar-refractivity contribution in [3.05, 3.63) is 71.6 Å². The number of rotatable bonds is 6. The van der Waals surface area contributed by atoms with E-state index in [1.54, 1.807) is 43.3 Å². The molecule has 0 spiro atoms. The van der Waals surface area contributed by atoms with E-state index in [9.17, 15) is 14.4 Å². The van der Waals surface area contributed by atoms with Crippen LogP contribution >= 0.6 is 0 Å². The highest BCUT2D eigenvalue weighted by molar-refractivity contribution is 6.06. The number of benzene rings is 1. The van der Waals surface area contributed by atoms with E-state index in [0.29, 0.717) is 17.0 Å². The van der Waals surface area contributed by atoms with Gasteiger partial charge in [0.05, 0.1) is 11.4 Å². The first-order valence-corrected chi connectivity index (χ1v) is 10.7. The Morgan fingerprint density at radius 3 is 2.09 bits per heavy atom. The fourth-order valence-electron chi connectivity index (χ4n) is 4.10. The molecule has 0 bridgehead atoms. The van der Waals surface area contributed by atoms with Gasteiger partial charge in [0, 0.05) is 49.4 Å².